The first-order valence-electron chi connectivity index (χ1n) is 8.48. The van der Waals surface area contributed by atoms with Gasteiger partial charge >= 0.3 is 5.97 Å². The Balaban J connectivity index is 1.83. The predicted octanol–water partition coefficient (Wildman–Crippen LogP) is 3.95. The topological polar surface area (TPSA) is 66.8 Å². The van der Waals surface area contributed by atoms with E-state index in [4.69, 9.17) is 9.84 Å². The highest BCUT2D eigenvalue weighted by atomic mass is 31.2. The zero-order chi connectivity index (χ0) is 17.7. The summed E-state index contributed by atoms with van der Waals surface area (Å²) >= 11 is 0. The fraction of sp³-hybridized carbons (Fsp3) is 0.316. The average Bonchev–Trinajstić information content (AvgIpc) is 2.79. The van der Waals surface area contributed by atoms with Crippen molar-refractivity contribution in [1.82, 2.24) is 4.67 Å². The van der Waals surface area contributed by atoms with Crippen molar-refractivity contribution in [2.24, 2.45) is 0 Å². The van der Waals surface area contributed by atoms with Gasteiger partial charge in [0.05, 0.1) is 0 Å². The number of nitrogens with zero attached hydrogens (tertiary/aromatic N) is 1. The summed E-state index contributed by atoms with van der Waals surface area (Å²) in [5.41, 5.74) is 0. The molecule has 1 aliphatic rings. The van der Waals surface area contributed by atoms with E-state index in [-0.39, 0.29) is 6.54 Å². The molecule has 25 heavy (non-hydrogen) atoms. The van der Waals surface area contributed by atoms with Gasteiger partial charge in [0.15, 0.2) is 7.29 Å². The second kappa shape index (κ2) is 7.85. The van der Waals surface area contributed by atoms with Crippen LogP contribution in [-0.2, 0) is 9.36 Å². The van der Waals surface area contributed by atoms with Crippen LogP contribution in [0.1, 0.15) is 19.3 Å². The van der Waals surface area contributed by atoms with Crippen LogP contribution in [-0.4, -0.2) is 35.0 Å². The van der Waals surface area contributed by atoms with E-state index in [0.717, 1.165) is 25.0 Å². The summed E-state index contributed by atoms with van der Waals surface area (Å²) in [7, 11) is -2.88. The maximum atomic E-state index is 13.6. The first-order chi connectivity index (χ1) is 12.1. The molecule has 1 N–H and O–H groups in total. The molecule has 0 spiro atoms. The van der Waals surface area contributed by atoms with Crippen LogP contribution in [0.25, 0.3) is 0 Å². The number of rotatable bonds is 5. The lowest BCUT2D eigenvalue weighted by Crippen LogP contribution is -2.32. The van der Waals surface area contributed by atoms with Crippen LogP contribution >= 0.6 is 7.29 Å². The Kier molecular flexibility index (Phi) is 5.57. The van der Waals surface area contributed by atoms with Crippen LogP contribution in [0.4, 0.5) is 0 Å². The Morgan fingerprint density at radius 3 is 2.36 bits per heavy atom. The lowest BCUT2D eigenvalue weighted by atomic mass is 10.2. The first kappa shape index (κ1) is 17.7. The number of hydrogen-bond acceptors (Lipinski definition) is 3. The van der Waals surface area contributed by atoms with Crippen molar-refractivity contribution in [3.63, 3.8) is 0 Å². The minimum atomic E-state index is -2.88. The van der Waals surface area contributed by atoms with Gasteiger partial charge in [-0.25, -0.2) is 4.67 Å². The number of hydrogen-bond donors (Lipinski definition) is 1. The Morgan fingerprint density at radius 1 is 1.00 bits per heavy atom. The van der Waals surface area contributed by atoms with Crippen LogP contribution in [0.15, 0.2) is 54.6 Å². The Hall–Kier alpha value is -2.10. The van der Waals surface area contributed by atoms with Gasteiger partial charge in [0.1, 0.15) is 18.0 Å². The molecule has 132 valence electrons. The van der Waals surface area contributed by atoms with Gasteiger partial charge in [-0.3, -0.25) is 4.79 Å². The largest absolute Gasteiger partial charge is 0.480 e. The van der Waals surface area contributed by atoms with E-state index < -0.39 is 13.3 Å². The minimum absolute atomic E-state index is 0.181. The van der Waals surface area contributed by atoms with Gasteiger partial charge in [-0.05, 0) is 49.2 Å². The summed E-state index contributed by atoms with van der Waals surface area (Å²) in [5, 5.41) is 9.87. The summed E-state index contributed by atoms with van der Waals surface area (Å²) in [6.45, 7) is 0.380. The molecule has 1 aliphatic heterocycles. The number of aliphatic carboxylic acids is 1. The number of benzene rings is 2. The molecule has 2 aromatic carbocycles. The molecular formula is C19H22NO4P. The molecule has 1 saturated heterocycles. The second-order valence-corrected chi connectivity index (χ2v) is 9.11. The normalized spacial score (nSPS) is 21.4. The van der Waals surface area contributed by atoms with Crippen LogP contribution < -0.4 is 10.0 Å². The van der Waals surface area contributed by atoms with Crippen LogP contribution in [0.5, 0.6) is 11.5 Å². The summed E-state index contributed by atoms with van der Waals surface area (Å²) < 4.78 is 21.0. The van der Waals surface area contributed by atoms with E-state index in [1.165, 1.54) is 0 Å². The molecule has 0 saturated carbocycles. The Bertz CT molecular complexity index is 761. The number of para-hydroxylation sites is 1. The van der Waals surface area contributed by atoms with Gasteiger partial charge < -0.3 is 14.4 Å². The number of carbonyl (C=O) groups is 1. The molecule has 0 aromatic heterocycles. The Morgan fingerprint density at radius 2 is 1.68 bits per heavy atom. The second-order valence-electron chi connectivity index (χ2n) is 6.18. The Labute approximate surface area is 147 Å². The molecule has 0 bridgehead atoms. The fourth-order valence-electron chi connectivity index (χ4n) is 3.11. The molecule has 6 heteroatoms. The van der Waals surface area contributed by atoms with E-state index in [1.54, 1.807) is 28.9 Å². The molecule has 3 rings (SSSR count). The smallest absolute Gasteiger partial charge is 0.318 e. The standard InChI is InChI=1S/C19H22NO4P/c21-19(22)15-20-13-5-2-6-14-25(20,23)18-11-9-17(10-12-18)24-16-7-3-1-4-8-16/h1,3-4,7-12H,2,5-6,13-15H2,(H,21,22). The van der Waals surface area contributed by atoms with Gasteiger partial charge in [-0.2, -0.15) is 0 Å². The molecule has 0 radical (unpaired) electrons. The molecule has 1 atom stereocenters. The molecular weight excluding hydrogens is 337 g/mol. The van der Waals surface area contributed by atoms with Gasteiger partial charge in [-0.15, -0.1) is 0 Å². The van der Waals surface area contributed by atoms with Crippen molar-refractivity contribution < 1.29 is 19.2 Å². The summed E-state index contributed by atoms with van der Waals surface area (Å²) in [4.78, 5) is 11.2. The van der Waals surface area contributed by atoms with Gasteiger partial charge in [0, 0.05) is 18.0 Å². The molecule has 1 unspecified atom stereocenters. The van der Waals surface area contributed by atoms with Gasteiger partial charge in [0.2, 0.25) is 0 Å². The summed E-state index contributed by atoms with van der Waals surface area (Å²) in [6, 6.07) is 16.7. The van der Waals surface area contributed by atoms with E-state index in [1.807, 2.05) is 30.3 Å². The number of carboxylic acids is 1. The van der Waals surface area contributed by atoms with E-state index in [9.17, 15) is 9.36 Å². The zero-order valence-electron chi connectivity index (χ0n) is 14.0. The third kappa shape index (κ3) is 4.30. The monoisotopic (exact) mass is 359 g/mol. The molecule has 1 heterocycles. The molecule has 5 nitrogen and oxygen atoms in total. The highest BCUT2D eigenvalue weighted by Gasteiger charge is 2.34. The SMILES string of the molecule is O=C(O)CN1CCCCCP1(=O)c1ccc(Oc2ccccc2)cc1. The van der Waals surface area contributed by atoms with Crippen LogP contribution in [0.2, 0.25) is 0 Å². The van der Waals surface area contributed by atoms with Crippen molar-refractivity contribution in [3.8, 4) is 11.5 Å². The number of ether oxygens (including phenoxy) is 1. The third-order valence-corrected chi connectivity index (χ3v) is 7.65. The third-order valence-electron chi connectivity index (χ3n) is 4.37. The summed E-state index contributed by atoms with van der Waals surface area (Å²) in [6.07, 6.45) is 3.25. The van der Waals surface area contributed by atoms with E-state index in [2.05, 4.69) is 0 Å². The van der Waals surface area contributed by atoms with Crippen LogP contribution in [0.3, 0.4) is 0 Å². The highest BCUT2D eigenvalue weighted by molar-refractivity contribution is 7.69. The minimum Gasteiger partial charge on any atom is -0.480 e. The maximum absolute atomic E-state index is 13.6. The van der Waals surface area contributed by atoms with E-state index >= 15 is 0 Å². The van der Waals surface area contributed by atoms with Crippen molar-refractivity contribution >= 4 is 18.6 Å². The molecule has 0 amide bonds. The summed E-state index contributed by atoms with van der Waals surface area (Å²) in [5.74, 6) is 0.469. The highest BCUT2D eigenvalue weighted by Crippen LogP contribution is 2.51. The van der Waals surface area contributed by atoms with Crippen molar-refractivity contribution in [2.75, 3.05) is 19.3 Å². The van der Waals surface area contributed by atoms with Crippen LogP contribution in [0, 0.1) is 0 Å². The fourth-order valence-corrected chi connectivity index (χ4v) is 6.06. The maximum Gasteiger partial charge on any atom is 0.318 e. The molecule has 2 aromatic rings. The van der Waals surface area contributed by atoms with Gasteiger partial charge in [-0.1, -0.05) is 24.6 Å². The van der Waals surface area contributed by atoms with Crippen molar-refractivity contribution in [2.45, 2.75) is 19.3 Å². The lowest BCUT2D eigenvalue weighted by Gasteiger charge is -2.29. The van der Waals surface area contributed by atoms with Crippen molar-refractivity contribution in [3.05, 3.63) is 54.6 Å². The zero-order valence-corrected chi connectivity index (χ0v) is 14.9. The average molecular weight is 359 g/mol. The lowest BCUT2D eigenvalue weighted by molar-refractivity contribution is -0.137. The quantitative estimate of drug-likeness (QED) is 0.819. The molecule has 0 aliphatic carbocycles. The van der Waals surface area contributed by atoms with E-state index in [0.29, 0.717) is 23.8 Å². The predicted molar refractivity (Wildman–Crippen MR) is 98.1 cm³/mol. The molecule has 1 fully saturated rings. The van der Waals surface area contributed by atoms with Crippen molar-refractivity contribution in [1.29, 1.82) is 0 Å². The van der Waals surface area contributed by atoms with Gasteiger partial charge in [0.25, 0.3) is 0 Å². The first-order valence-corrected chi connectivity index (χ1v) is 10.3. The number of carboxylic acid groups (broad SMARTS) is 1.